The third-order valence-electron chi connectivity index (χ3n) is 1.59. The molecule has 0 rings (SSSR count). The van der Waals surface area contributed by atoms with Crippen LogP contribution in [0.5, 0.6) is 0 Å². The number of carbonyl (C=O) groups is 1. The summed E-state index contributed by atoms with van der Waals surface area (Å²) < 4.78 is 0. The van der Waals surface area contributed by atoms with Gasteiger partial charge in [0, 0.05) is 20.5 Å². The zero-order chi connectivity index (χ0) is 9.07. The number of amides is 1. The van der Waals surface area contributed by atoms with Crippen molar-refractivity contribution in [1.29, 1.82) is 0 Å². The Morgan fingerprint density at radius 1 is 1.27 bits per heavy atom. The third-order valence-corrected chi connectivity index (χ3v) is 1.59. The standard InChI is InChI=1S/C9H19NO/c1-9(2,3)7-6-8(11)10(4)5/h6-7H2,1-5H3. The molecule has 66 valence electrons. The minimum atomic E-state index is 0.222. The van der Waals surface area contributed by atoms with Crippen molar-refractivity contribution in [3.8, 4) is 0 Å². The van der Waals surface area contributed by atoms with Crippen LogP contribution in [0.1, 0.15) is 33.6 Å². The van der Waals surface area contributed by atoms with Gasteiger partial charge >= 0.3 is 0 Å². The maximum absolute atomic E-state index is 11.1. The summed E-state index contributed by atoms with van der Waals surface area (Å²) in [4.78, 5) is 12.8. The van der Waals surface area contributed by atoms with Crippen molar-refractivity contribution in [3.63, 3.8) is 0 Å². The van der Waals surface area contributed by atoms with Crippen molar-refractivity contribution in [2.24, 2.45) is 5.41 Å². The van der Waals surface area contributed by atoms with Gasteiger partial charge in [-0.1, -0.05) is 20.8 Å². The van der Waals surface area contributed by atoms with Crippen molar-refractivity contribution in [2.45, 2.75) is 33.6 Å². The smallest absolute Gasteiger partial charge is 0.222 e. The van der Waals surface area contributed by atoms with Crippen LogP contribution in [0, 0.1) is 5.41 Å². The topological polar surface area (TPSA) is 20.3 Å². The van der Waals surface area contributed by atoms with E-state index in [0.29, 0.717) is 6.42 Å². The van der Waals surface area contributed by atoms with E-state index < -0.39 is 0 Å². The Morgan fingerprint density at radius 2 is 1.73 bits per heavy atom. The minimum Gasteiger partial charge on any atom is -0.349 e. The number of hydrogen-bond donors (Lipinski definition) is 0. The molecule has 0 atom stereocenters. The molecule has 2 heteroatoms. The highest BCUT2D eigenvalue weighted by Gasteiger charge is 2.13. The molecule has 1 amide bonds. The Hall–Kier alpha value is -0.530. The number of nitrogens with zero attached hydrogens (tertiary/aromatic N) is 1. The first-order chi connectivity index (χ1) is 4.83. The van der Waals surface area contributed by atoms with Crippen molar-refractivity contribution in [3.05, 3.63) is 0 Å². The van der Waals surface area contributed by atoms with Gasteiger partial charge in [0.25, 0.3) is 0 Å². The second-order valence-electron chi connectivity index (χ2n) is 4.35. The van der Waals surface area contributed by atoms with Crippen molar-refractivity contribution >= 4 is 5.91 Å². The van der Waals surface area contributed by atoms with E-state index in [2.05, 4.69) is 20.8 Å². The van der Waals surface area contributed by atoms with Gasteiger partial charge < -0.3 is 4.90 Å². The molecule has 0 radical (unpaired) electrons. The van der Waals surface area contributed by atoms with Crippen LogP contribution in [-0.4, -0.2) is 24.9 Å². The molecule has 0 spiro atoms. The lowest BCUT2D eigenvalue weighted by Gasteiger charge is -2.18. The van der Waals surface area contributed by atoms with Gasteiger partial charge in [-0.15, -0.1) is 0 Å². The van der Waals surface area contributed by atoms with Crippen LogP contribution in [-0.2, 0) is 4.79 Å². The maximum atomic E-state index is 11.1. The Bertz CT molecular complexity index is 133. The van der Waals surface area contributed by atoms with Gasteiger partial charge in [0.15, 0.2) is 0 Å². The van der Waals surface area contributed by atoms with E-state index in [9.17, 15) is 4.79 Å². The van der Waals surface area contributed by atoms with Crippen LogP contribution in [0.4, 0.5) is 0 Å². The Labute approximate surface area is 69.6 Å². The SMILES string of the molecule is CN(C)C(=O)CCC(C)(C)C. The molecule has 0 aliphatic carbocycles. The molecule has 0 heterocycles. The molecule has 0 unspecified atom stereocenters. The van der Waals surface area contributed by atoms with Gasteiger partial charge in [-0.2, -0.15) is 0 Å². The summed E-state index contributed by atoms with van der Waals surface area (Å²) in [5, 5.41) is 0. The lowest BCUT2D eigenvalue weighted by atomic mass is 9.90. The second-order valence-corrected chi connectivity index (χ2v) is 4.35. The van der Waals surface area contributed by atoms with E-state index in [4.69, 9.17) is 0 Å². The highest BCUT2D eigenvalue weighted by atomic mass is 16.2. The monoisotopic (exact) mass is 157 g/mol. The Balaban J connectivity index is 3.64. The number of hydrogen-bond acceptors (Lipinski definition) is 1. The summed E-state index contributed by atoms with van der Waals surface area (Å²) in [6, 6.07) is 0. The first-order valence-corrected chi connectivity index (χ1v) is 4.03. The van der Waals surface area contributed by atoms with Gasteiger partial charge in [-0.05, 0) is 11.8 Å². The number of rotatable bonds is 2. The average Bonchev–Trinajstić information content (AvgIpc) is 1.80. The van der Waals surface area contributed by atoms with E-state index in [1.807, 2.05) is 0 Å². The van der Waals surface area contributed by atoms with Crippen molar-refractivity contribution < 1.29 is 4.79 Å². The summed E-state index contributed by atoms with van der Waals surface area (Å²) in [6.45, 7) is 6.45. The molecule has 11 heavy (non-hydrogen) atoms. The molecular formula is C9H19NO. The van der Waals surface area contributed by atoms with Crippen LogP contribution in [0.25, 0.3) is 0 Å². The summed E-state index contributed by atoms with van der Waals surface area (Å²) in [6.07, 6.45) is 1.63. The molecule has 0 aromatic heterocycles. The van der Waals surface area contributed by atoms with E-state index in [-0.39, 0.29) is 11.3 Å². The fourth-order valence-corrected chi connectivity index (χ4v) is 0.706. The van der Waals surface area contributed by atoms with Gasteiger partial charge in [0.1, 0.15) is 0 Å². The highest BCUT2D eigenvalue weighted by molar-refractivity contribution is 5.75. The Kier molecular flexibility index (Phi) is 3.56. The van der Waals surface area contributed by atoms with Crippen molar-refractivity contribution in [1.82, 2.24) is 4.90 Å². The summed E-state index contributed by atoms with van der Waals surface area (Å²) >= 11 is 0. The lowest BCUT2D eigenvalue weighted by Crippen LogP contribution is -2.22. The molecule has 0 aromatic rings. The zero-order valence-electron chi connectivity index (χ0n) is 8.27. The van der Waals surface area contributed by atoms with Crippen LogP contribution < -0.4 is 0 Å². The highest BCUT2D eigenvalue weighted by Crippen LogP contribution is 2.20. The predicted molar refractivity (Wildman–Crippen MR) is 47.4 cm³/mol. The molecule has 0 fully saturated rings. The molecule has 0 N–H and O–H groups in total. The molecule has 0 saturated carbocycles. The minimum absolute atomic E-state index is 0.222. The second kappa shape index (κ2) is 3.74. The summed E-state index contributed by atoms with van der Waals surface area (Å²) in [5.74, 6) is 0.222. The average molecular weight is 157 g/mol. The van der Waals surface area contributed by atoms with E-state index in [1.54, 1.807) is 19.0 Å². The summed E-state index contributed by atoms with van der Waals surface area (Å²) in [5.41, 5.74) is 0.270. The van der Waals surface area contributed by atoms with Crippen molar-refractivity contribution in [2.75, 3.05) is 14.1 Å². The fraction of sp³-hybridized carbons (Fsp3) is 0.889. The van der Waals surface area contributed by atoms with Crippen LogP contribution >= 0.6 is 0 Å². The summed E-state index contributed by atoms with van der Waals surface area (Å²) in [7, 11) is 3.59. The predicted octanol–water partition coefficient (Wildman–Crippen LogP) is 1.90. The molecule has 0 aliphatic heterocycles. The maximum Gasteiger partial charge on any atom is 0.222 e. The molecule has 0 aromatic carbocycles. The van der Waals surface area contributed by atoms with Gasteiger partial charge in [0.2, 0.25) is 5.91 Å². The fourth-order valence-electron chi connectivity index (χ4n) is 0.706. The van der Waals surface area contributed by atoms with E-state index >= 15 is 0 Å². The van der Waals surface area contributed by atoms with Crippen LogP contribution in [0.2, 0.25) is 0 Å². The molecule has 0 saturated heterocycles. The molecular weight excluding hydrogens is 138 g/mol. The lowest BCUT2D eigenvalue weighted by molar-refractivity contribution is -0.129. The zero-order valence-corrected chi connectivity index (χ0v) is 8.27. The van der Waals surface area contributed by atoms with E-state index in [1.165, 1.54) is 0 Å². The quantitative estimate of drug-likeness (QED) is 0.599. The van der Waals surface area contributed by atoms with Crippen LogP contribution in [0.3, 0.4) is 0 Å². The molecule has 0 aliphatic rings. The normalized spacial score (nSPS) is 11.4. The first kappa shape index (κ1) is 10.5. The molecule has 2 nitrogen and oxygen atoms in total. The van der Waals surface area contributed by atoms with Gasteiger partial charge in [-0.25, -0.2) is 0 Å². The third kappa shape index (κ3) is 5.89. The largest absolute Gasteiger partial charge is 0.349 e. The van der Waals surface area contributed by atoms with E-state index in [0.717, 1.165) is 6.42 Å². The van der Waals surface area contributed by atoms with Gasteiger partial charge in [-0.3, -0.25) is 4.79 Å². The molecule has 0 bridgehead atoms. The Morgan fingerprint density at radius 3 is 2.00 bits per heavy atom. The van der Waals surface area contributed by atoms with Crippen LogP contribution in [0.15, 0.2) is 0 Å². The van der Waals surface area contributed by atoms with Gasteiger partial charge in [0.05, 0.1) is 0 Å². The number of carbonyl (C=O) groups excluding carboxylic acids is 1. The first-order valence-electron chi connectivity index (χ1n) is 4.03.